The molecular weight excluding hydrogens is 236 g/mol. The van der Waals surface area contributed by atoms with Crippen molar-refractivity contribution in [3.05, 3.63) is 54.2 Å². The molecule has 1 atom stereocenters. The van der Waals surface area contributed by atoms with Crippen LogP contribution in [0.15, 0.2) is 59.0 Å². The Morgan fingerprint density at radius 3 is 2.59 bits per heavy atom. The van der Waals surface area contributed by atoms with E-state index >= 15 is 0 Å². The van der Waals surface area contributed by atoms with Crippen LogP contribution in [-0.4, -0.2) is 14.5 Å². The lowest BCUT2D eigenvalue weighted by atomic mass is 10.2. The molecule has 1 unspecified atom stereocenters. The molecule has 1 aromatic carbocycles. The highest BCUT2D eigenvalue weighted by atomic mass is 32.2. The van der Waals surface area contributed by atoms with Gasteiger partial charge in [0.15, 0.2) is 0 Å². The third kappa shape index (κ3) is 2.77. The molecule has 4 heteroatoms. The highest BCUT2D eigenvalue weighted by Gasteiger charge is 2.21. The number of benzene rings is 1. The smallest absolute Gasteiger partial charge is 0.203 e. The zero-order valence-electron chi connectivity index (χ0n) is 9.37. The molecule has 17 heavy (non-hydrogen) atoms. The fourth-order valence-electron chi connectivity index (χ4n) is 1.70. The molecule has 1 aliphatic heterocycles. The van der Waals surface area contributed by atoms with Crippen molar-refractivity contribution in [1.82, 2.24) is 0 Å². The first-order valence-corrected chi connectivity index (χ1v) is 6.96. The number of rotatable bonds is 3. The molecular formula is C13H14O3S. The quantitative estimate of drug-likeness (QED) is 0.775. The second kappa shape index (κ2) is 4.75. The van der Waals surface area contributed by atoms with Crippen molar-refractivity contribution in [3.63, 3.8) is 0 Å². The van der Waals surface area contributed by atoms with E-state index in [0.29, 0.717) is 12.2 Å². The number of ether oxygens (including phenoxy) is 1. The molecule has 1 saturated heterocycles. The normalized spacial score (nSPS) is 22.4. The van der Waals surface area contributed by atoms with Crippen molar-refractivity contribution >= 4 is 9.84 Å². The van der Waals surface area contributed by atoms with E-state index in [2.05, 4.69) is 6.58 Å². The fraction of sp³-hybridized carbons (Fsp3) is 0.231. The van der Waals surface area contributed by atoms with Gasteiger partial charge in [-0.05, 0) is 18.6 Å². The SMILES string of the molecule is C=CC1CC/C(=C\S(=O)(=O)c2ccccc2)O1. The van der Waals surface area contributed by atoms with Crippen molar-refractivity contribution in [2.24, 2.45) is 0 Å². The van der Waals surface area contributed by atoms with Crippen molar-refractivity contribution in [3.8, 4) is 0 Å². The zero-order valence-corrected chi connectivity index (χ0v) is 10.2. The van der Waals surface area contributed by atoms with E-state index < -0.39 is 9.84 Å². The van der Waals surface area contributed by atoms with Gasteiger partial charge in [-0.2, -0.15) is 0 Å². The summed E-state index contributed by atoms with van der Waals surface area (Å²) in [6.07, 6.45) is 3.06. The van der Waals surface area contributed by atoms with Gasteiger partial charge < -0.3 is 4.74 Å². The Morgan fingerprint density at radius 2 is 2.00 bits per heavy atom. The first-order valence-electron chi connectivity index (χ1n) is 5.42. The van der Waals surface area contributed by atoms with Crippen LogP contribution in [0.25, 0.3) is 0 Å². The van der Waals surface area contributed by atoms with E-state index in [1.54, 1.807) is 36.4 Å². The Labute approximate surface area is 101 Å². The predicted octanol–water partition coefficient (Wildman–Crippen LogP) is 2.67. The Morgan fingerprint density at radius 1 is 1.29 bits per heavy atom. The summed E-state index contributed by atoms with van der Waals surface area (Å²) < 4.78 is 29.4. The van der Waals surface area contributed by atoms with Crippen LogP contribution in [0.5, 0.6) is 0 Å². The molecule has 0 N–H and O–H groups in total. The van der Waals surface area contributed by atoms with Gasteiger partial charge in [0.25, 0.3) is 0 Å². The van der Waals surface area contributed by atoms with Gasteiger partial charge in [0, 0.05) is 6.42 Å². The van der Waals surface area contributed by atoms with E-state index in [1.165, 1.54) is 5.41 Å². The number of sulfone groups is 1. The second-order valence-electron chi connectivity index (χ2n) is 3.87. The summed E-state index contributed by atoms with van der Waals surface area (Å²) in [6.45, 7) is 3.63. The molecule has 0 spiro atoms. The van der Waals surface area contributed by atoms with Crippen molar-refractivity contribution in [2.75, 3.05) is 0 Å². The van der Waals surface area contributed by atoms with Gasteiger partial charge >= 0.3 is 0 Å². The minimum atomic E-state index is -3.40. The van der Waals surface area contributed by atoms with Gasteiger partial charge in [0.2, 0.25) is 9.84 Å². The highest BCUT2D eigenvalue weighted by molar-refractivity contribution is 7.94. The molecule has 1 aliphatic rings. The first-order chi connectivity index (χ1) is 8.12. The maximum absolute atomic E-state index is 12.0. The van der Waals surface area contributed by atoms with Crippen LogP contribution in [0.3, 0.4) is 0 Å². The molecule has 2 rings (SSSR count). The molecule has 3 nitrogen and oxygen atoms in total. The molecule has 0 radical (unpaired) electrons. The fourth-order valence-corrected chi connectivity index (χ4v) is 2.89. The van der Waals surface area contributed by atoms with Crippen LogP contribution in [0.2, 0.25) is 0 Å². The summed E-state index contributed by atoms with van der Waals surface area (Å²) >= 11 is 0. The predicted molar refractivity (Wildman–Crippen MR) is 66.0 cm³/mol. The minimum absolute atomic E-state index is 0.0628. The maximum atomic E-state index is 12.0. The molecule has 0 aliphatic carbocycles. The number of hydrogen-bond acceptors (Lipinski definition) is 3. The molecule has 0 bridgehead atoms. The number of hydrogen-bond donors (Lipinski definition) is 0. The van der Waals surface area contributed by atoms with Crippen molar-refractivity contribution < 1.29 is 13.2 Å². The summed E-state index contributed by atoms with van der Waals surface area (Å²) in [5.74, 6) is 0.513. The van der Waals surface area contributed by atoms with Gasteiger partial charge in [-0.25, -0.2) is 8.42 Å². The number of allylic oxidation sites excluding steroid dienone is 1. The van der Waals surface area contributed by atoms with Crippen molar-refractivity contribution in [2.45, 2.75) is 23.8 Å². The van der Waals surface area contributed by atoms with Crippen LogP contribution < -0.4 is 0 Å². The molecule has 1 fully saturated rings. The average Bonchev–Trinajstić information content (AvgIpc) is 2.77. The average molecular weight is 250 g/mol. The monoisotopic (exact) mass is 250 g/mol. The lowest BCUT2D eigenvalue weighted by Gasteiger charge is -2.04. The Bertz CT molecular complexity index is 529. The third-order valence-electron chi connectivity index (χ3n) is 2.60. The van der Waals surface area contributed by atoms with Crippen LogP contribution in [0.1, 0.15) is 12.8 Å². The molecule has 90 valence electrons. The second-order valence-corrected chi connectivity index (χ2v) is 5.67. The van der Waals surface area contributed by atoms with E-state index in [1.807, 2.05) is 0 Å². The Kier molecular flexibility index (Phi) is 3.33. The van der Waals surface area contributed by atoms with Gasteiger partial charge in [0.05, 0.1) is 10.3 Å². The van der Waals surface area contributed by atoms with Crippen LogP contribution in [0.4, 0.5) is 0 Å². The standard InChI is InChI=1S/C13H14O3S/c1-2-11-8-9-12(16-11)10-17(14,15)13-6-4-3-5-7-13/h2-7,10-11H,1,8-9H2/b12-10+. The largest absolute Gasteiger partial charge is 0.490 e. The van der Waals surface area contributed by atoms with Crippen LogP contribution in [0, 0.1) is 0 Å². The molecule has 0 aromatic heterocycles. The summed E-state index contributed by atoms with van der Waals surface area (Å²) in [7, 11) is -3.40. The molecule has 1 aromatic rings. The Balaban J connectivity index is 2.24. The summed E-state index contributed by atoms with van der Waals surface area (Å²) in [5, 5.41) is 1.21. The molecule has 1 heterocycles. The van der Waals surface area contributed by atoms with Gasteiger partial charge in [0.1, 0.15) is 11.9 Å². The maximum Gasteiger partial charge on any atom is 0.203 e. The van der Waals surface area contributed by atoms with Gasteiger partial charge in [-0.15, -0.1) is 0 Å². The summed E-state index contributed by atoms with van der Waals surface area (Å²) in [5.41, 5.74) is 0. The van der Waals surface area contributed by atoms with Crippen LogP contribution in [-0.2, 0) is 14.6 Å². The Hall–Kier alpha value is -1.55. The topological polar surface area (TPSA) is 43.4 Å². The van der Waals surface area contributed by atoms with E-state index in [-0.39, 0.29) is 11.0 Å². The highest BCUT2D eigenvalue weighted by Crippen LogP contribution is 2.25. The minimum Gasteiger partial charge on any atom is -0.490 e. The summed E-state index contributed by atoms with van der Waals surface area (Å²) in [4.78, 5) is 0.290. The van der Waals surface area contributed by atoms with Gasteiger partial charge in [-0.1, -0.05) is 30.9 Å². The zero-order chi connectivity index (χ0) is 12.3. The summed E-state index contributed by atoms with van der Waals surface area (Å²) in [6, 6.07) is 8.34. The molecule has 0 saturated carbocycles. The van der Waals surface area contributed by atoms with Crippen molar-refractivity contribution in [1.29, 1.82) is 0 Å². The first kappa shape index (κ1) is 11.9. The molecule has 0 amide bonds. The third-order valence-corrected chi connectivity index (χ3v) is 4.10. The van der Waals surface area contributed by atoms with Crippen LogP contribution >= 0.6 is 0 Å². The van der Waals surface area contributed by atoms with E-state index in [0.717, 1.165) is 6.42 Å². The lowest BCUT2D eigenvalue weighted by molar-refractivity contribution is 0.202. The van der Waals surface area contributed by atoms with E-state index in [9.17, 15) is 8.42 Å². The van der Waals surface area contributed by atoms with E-state index in [4.69, 9.17) is 4.74 Å². The lowest BCUT2D eigenvalue weighted by Crippen LogP contribution is -2.00. The van der Waals surface area contributed by atoms with Gasteiger partial charge in [-0.3, -0.25) is 0 Å².